The van der Waals surface area contributed by atoms with Crippen molar-refractivity contribution in [3.8, 4) is 0 Å². The molecule has 1 fully saturated rings. The molecule has 1 aromatic rings. The zero-order valence-corrected chi connectivity index (χ0v) is 12.9. The van der Waals surface area contributed by atoms with Crippen LogP contribution in [-0.2, 0) is 11.8 Å². The number of aromatic nitrogens is 1. The number of hydrogen-bond acceptors (Lipinski definition) is 3. The summed E-state index contributed by atoms with van der Waals surface area (Å²) in [7, 11) is 0. The maximum absolute atomic E-state index is 4.76. The molecule has 0 aliphatic heterocycles. The quantitative estimate of drug-likeness (QED) is 0.848. The molecule has 1 aliphatic rings. The van der Waals surface area contributed by atoms with Crippen LogP contribution in [0.15, 0.2) is 5.38 Å². The molecular formula is C15H26N2S. The minimum Gasteiger partial charge on any atom is -0.314 e. The number of nitrogens with one attached hydrogen (secondary N) is 1. The summed E-state index contributed by atoms with van der Waals surface area (Å²) in [5.74, 6) is 0.757. The fourth-order valence-corrected chi connectivity index (χ4v) is 2.94. The fourth-order valence-electron chi connectivity index (χ4n) is 1.90. The first-order valence-electron chi connectivity index (χ1n) is 7.13. The SMILES string of the molecule is CC(CCc1nc(C(C)(C)C)cs1)CNC1CC1. The van der Waals surface area contributed by atoms with Crippen molar-refractivity contribution in [1.29, 1.82) is 0 Å². The van der Waals surface area contributed by atoms with E-state index in [9.17, 15) is 0 Å². The second kappa shape index (κ2) is 5.70. The van der Waals surface area contributed by atoms with E-state index < -0.39 is 0 Å². The summed E-state index contributed by atoms with van der Waals surface area (Å²) in [6.45, 7) is 10.2. The van der Waals surface area contributed by atoms with Gasteiger partial charge >= 0.3 is 0 Å². The van der Waals surface area contributed by atoms with Gasteiger partial charge in [-0.3, -0.25) is 0 Å². The Morgan fingerprint density at radius 1 is 1.44 bits per heavy atom. The average molecular weight is 266 g/mol. The highest BCUT2D eigenvalue weighted by Crippen LogP contribution is 2.25. The lowest BCUT2D eigenvalue weighted by atomic mass is 9.93. The largest absolute Gasteiger partial charge is 0.314 e. The average Bonchev–Trinajstić information content (AvgIpc) is 2.98. The van der Waals surface area contributed by atoms with Crippen molar-refractivity contribution in [2.45, 2.75) is 64.8 Å². The van der Waals surface area contributed by atoms with E-state index in [0.717, 1.165) is 18.4 Å². The van der Waals surface area contributed by atoms with E-state index in [1.165, 1.54) is 36.5 Å². The molecule has 1 unspecified atom stereocenters. The predicted molar refractivity (Wildman–Crippen MR) is 79.3 cm³/mol. The molecule has 2 nitrogen and oxygen atoms in total. The van der Waals surface area contributed by atoms with Gasteiger partial charge in [0.15, 0.2) is 0 Å². The Kier molecular flexibility index (Phi) is 4.44. The van der Waals surface area contributed by atoms with E-state index in [1.807, 2.05) is 11.3 Å². The van der Waals surface area contributed by atoms with Gasteiger partial charge in [0.2, 0.25) is 0 Å². The lowest BCUT2D eigenvalue weighted by Gasteiger charge is -2.14. The monoisotopic (exact) mass is 266 g/mol. The molecule has 3 heteroatoms. The molecule has 1 saturated carbocycles. The van der Waals surface area contributed by atoms with Crippen molar-refractivity contribution in [2.75, 3.05) is 6.54 Å². The summed E-state index contributed by atoms with van der Waals surface area (Å²) < 4.78 is 0. The Morgan fingerprint density at radius 3 is 2.72 bits per heavy atom. The van der Waals surface area contributed by atoms with Gasteiger partial charge in [-0.25, -0.2) is 4.98 Å². The van der Waals surface area contributed by atoms with Crippen LogP contribution in [0.3, 0.4) is 0 Å². The van der Waals surface area contributed by atoms with Gasteiger partial charge < -0.3 is 5.32 Å². The van der Waals surface area contributed by atoms with Crippen LogP contribution in [0.1, 0.15) is 57.7 Å². The molecule has 1 heterocycles. The topological polar surface area (TPSA) is 24.9 Å². The molecule has 0 radical (unpaired) electrons. The van der Waals surface area contributed by atoms with Crippen LogP contribution in [0.2, 0.25) is 0 Å². The van der Waals surface area contributed by atoms with E-state index in [-0.39, 0.29) is 5.41 Å². The molecule has 0 bridgehead atoms. The molecule has 1 atom stereocenters. The molecule has 0 aromatic carbocycles. The maximum atomic E-state index is 4.76. The standard InChI is InChI=1S/C15H26N2S/c1-11(9-16-12-6-7-12)5-8-14-17-13(10-18-14)15(2,3)4/h10-12,16H,5-9H2,1-4H3. The van der Waals surface area contributed by atoms with Crippen LogP contribution >= 0.6 is 11.3 Å². The minimum absolute atomic E-state index is 0.188. The van der Waals surface area contributed by atoms with Crippen molar-refractivity contribution in [3.63, 3.8) is 0 Å². The van der Waals surface area contributed by atoms with Crippen molar-refractivity contribution in [1.82, 2.24) is 10.3 Å². The second-order valence-electron chi connectivity index (χ2n) is 6.70. The van der Waals surface area contributed by atoms with Crippen LogP contribution in [0.4, 0.5) is 0 Å². The van der Waals surface area contributed by atoms with Crippen molar-refractivity contribution in [3.05, 3.63) is 16.1 Å². The van der Waals surface area contributed by atoms with Crippen molar-refractivity contribution in [2.24, 2.45) is 5.92 Å². The first-order chi connectivity index (χ1) is 8.45. The Morgan fingerprint density at radius 2 is 2.17 bits per heavy atom. The Hall–Kier alpha value is -0.410. The maximum Gasteiger partial charge on any atom is 0.0928 e. The van der Waals surface area contributed by atoms with Gasteiger partial charge in [-0.05, 0) is 38.1 Å². The number of hydrogen-bond donors (Lipinski definition) is 1. The van der Waals surface area contributed by atoms with E-state index in [4.69, 9.17) is 4.98 Å². The van der Waals surface area contributed by atoms with Crippen LogP contribution in [0.25, 0.3) is 0 Å². The summed E-state index contributed by atoms with van der Waals surface area (Å²) in [6.07, 6.45) is 5.15. The van der Waals surface area contributed by atoms with E-state index in [1.54, 1.807) is 0 Å². The third-order valence-electron chi connectivity index (χ3n) is 3.50. The normalized spacial score (nSPS) is 18.0. The van der Waals surface area contributed by atoms with Crippen LogP contribution in [0.5, 0.6) is 0 Å². The summed E-state index contributed by atoms with van der Waals surface area (Å²) >= 11 is 1.82. The lowest BCUT2D eigenvalue weighted by Crippen LogP contribution is -2.23. The zero-order valence-electron chi connectivity index (χ0n) is 12.1. The molecule has 102 valence electrons. The number of aryl methyl sites for hydroxylation is 1. The fraction of sp³-hybridized carbons (Fsp3) is 0.800. The first-order valence-corrected chi connectivity index (χ1v) is 8.01. The Bertz CT molecular complexity index is 374. The van der Waals surface area contributed by atoms with Gasteiger partial charge in [-0.2, -0.15) is 0 Å². The van der Waals surface area contributed by atoms with Crippen LogP contribution in [0, 0.1) is 5.92 Å². The molecule has 1 aromatic heterocycles. The van der Waals surface area contributed by atoms with Gasteiger partial charge in [-0.15, -0.1) is 11.3 Å². The second-order valence-corrected chi connectivity index (χ2v) is 7.65. The number of thiazole rings is 1. The van der Waals surface area contributed by atoms with E-state index in [0.29, 0.717) is 0 Å². The van der Waals surface area contributed by atoms with Crippen molar-refractivity contribution < 1.29 is 0 Å². The first kappa shape index (κ1) is 14.0. The molecule has 0 saturated heterocycles. The van der Waals surface area contributed by atoms with Gasteiger partial charge in [0.25, 0.3) is 0 Å². The third kappa shape index (κ3) is 4.36. The zero-order chi connectivity index (χ0) is 13.2. The summed E-state index contributed by atoms with van der Waals surface area (Å²) in [6, 6.07) is 0.833. The summed E-state index contributed by atoms with van der Waals surface area (Å²) in [4.78, 5) is 4.76. The lowest BCUT2D eigenvalue weighted by molar-refractivity contribution is 0.478. The van der Waals surface area contributed by atoms with Crippen LogP contribution in [-0.4, -0.2) is 17.6 Å². The highest BCUT2D eigenvalue weighted by atomic mass is 32.1. The van der Waals surface area contributed by atoms with E-state index >= 15 is 0 Å². The number of rotatable bonds is 6. The Labute approximate surface area is 115 Å². The molecule has 1 aliphatic carbocycles. The minimum atomic E-state index is 0.188. The molecule has 0 amide bonds. The van der Waals surface area contributed by atoms with Gasteiger partial charge in [0.1, 0.15) is 0 Å². The Balaban J connectivity index is 1.73. The van der Waals surface area contributed by atoms with Gasteiger partial charge in [-0.1, -0.05) is 27.7 Å². The molecule has 1 N–H and O–H groups in total. The summed E-state index contributed by atoms with van der Waals surface area (Å²) in [5.41, 5.74) is 1.43. The molecule has 18 heavy (non-hydrogen) atoms. The predicted octanol–water partition coefficient (Wildman–Crippen LogP) is 3.76. The number of nitrogens with zero attached hydrogens (tertiary/aromatic N) is 1. The third-order valence-corrected chi connectivity index (χ3v) is 4.41. The highest BCUT2D eigenvalue weighted by molar-refractivity contribution is 7.09. The molecule has 2 rings (SSSR count). The van der Waals surface area contributed by atoms with Gasteiger partial charge in [0, 0.05) is 16.8 Å². The molecular weight excluding hydrogens is 240 g/mol. The molecule has 0 spiro atoms. The summed E-state index contributed by atoms with van der Waals surface area (Å²) in [5, 5.41) is 7.13. The van der Waals surface area contributed by atoms with E-state index in [2.05, 4.69) is 38.4 Å². The van der Waals surface area contributed by atoms with Crippen LogP contribution < -0.4 is 5.32 Å². The smallest absolute Gasteiger partial charge is 0.0928 e. The highest BCUT2D eigenvalue weighted by Gasteiger charge is 2.21. The van der Waals surface area contributed by atoms with Gasteiger partial charge in [0.05, 0.1) is 10.7 Å². The van der Waals surface area contributed by atoms with Crippen molar-refractivity contribution >= 4 is 11.3 Å².